The predicted octanol–water partition coefficient (Wildman–Crippen LogP) is 2.97. The summed E-state index contributed by atoms with van der Waals surface area (Å²) in [6.07, 6.45) is 1.67. The Morgan fingerprint density at radius 2 is 1.76 bits per heavy atom. The van der Waals surface area contributed by atoms with Crippen LogP contribution in [0.5, 0.6) is 0 Å². The number of anilines is 1. The molecule has 0 unspecified atom stereocenters. The molecule has 2 N–H and O–H groups in total. The maximum atomic E-state index is 12.0. The van der Waals surface area contributed by atoms with Crippen LogP contribution >= 0.6 is 0 Å². The van der Waals surface area contributed by atoms with Crippen LogP contribution in [0.4, 0.5) is 5.69 Å². The lowest BCUT2D eigenvalue weighted by atomic mass is 10.1. The van der Waals surface area contributed by atoms with Gasteiger partial charge in [0.1, 0.15) is 0 Å². The zero-order valence-corrected chi connectivity index (χ0v) is 13.1. The fourth-order valence-corrected chi connectivity index (χ4v) is 3.28. The van der Waals surface area contributed by atoms with Gasteiger partial charge in [-0.2, -0.15) is 0 Å². The normalized spacial score (nSPS) is 11.7. The SMILES string of the molecule is CCCNCCCS(=O)(=O)Nc1ccc2ccccc2c1. The van der Waals surface area contributed by atoms with Crippen LogP contribution in [0.2, 0.25) is 0 Å². The highest BCUT2D eigenvalue weighted by Crippen LogP contribution is 2.19. The van der Waals surface area contributed by atoms with Gasteiger partial charge in [-0.05, 0) is 48.8 Å². The van der Waals surface area contributed by atoms with Gasteiger partial charge >= 0.3 is 0 Å². The van der Waals surface area contributed by atoms with Crippen LogP contribution in [0.1, 0.15) is 19.8 Å². The Morgan fingerprint density at radius 1 is 1.00 bits per heavy atom. The minimum atomic E-state index is -3.28. The molecule has 0 spiro atoms. The molecule has 4 nitrogen and oxygen atoms in total. The van der Waals surface area contributed by atoms with Crippen LogP contribution in [0.3, 0.4) is 0 Å². The Morgan fingerprint density at radius 3 is 2.52 bits per heavy atom. The number of hydrogen-bond acceptors (Lipinski definition) is 3. The van der Waals surface area contributed by atoms with Crippen molar-refractivity contribution in [1.29, 1.82) is 0 Å². The monoisotopic (exact) mass is 306 g/mol. The van der Waals surface area contributed by atoms with Crippen molar-refractivity contribution >= 4 is 26.5 Å². The molecule has 2 aromatic carbocycles. The molecule has 21 heavy (non-hydrogen) atoms. The van der Waals surface area contributed by atoms with Crippen LogP contribution in [0.15, 0.2) is 42.5 Å². The third kappa shape index (κ3) is 5.02. The molecule has 5 heteroatoms. The van der Waals surface area contributed by atoms with Crippen molar-refractivity contribution in [2.45, 2.75) is 19.8 Å². The van der Waals surface area contributed by atoms with Gasteiger partial charge in [-0.1, -0.05) is 37.3 Å². The Balaban J connectivity index is 1.95. The predicted molar refractivity (Wildman–Crippen MR) is 89.1 cm³/mol. The van der Waals surface area contributed by atoms with E-state index in [1.807, 2.05) is 36.4 Å². The molecule has 2 aromatic rings. The van der Waals surface area contributed by atoms with Gasteiger partial charge in [0.15, 0.2) is 0 Å². The minimum absolute atomic E-state index is 0.135. The number of hydrogen-bond donors (Lipinski definition) is 2. The number of rotatable bonds is 8. The van der Waals surface area contributed by atoms with Crippen molar-refractivity contribution in [3.8, 4) is 0 Å². The molecule has 0 atom stereocenters. The molecule has 114 valence electrons. The molecule has 0 amide bonds. The average Bonchev–Trinajstić information content (AvgIpc) is 2.46. The highest BCUT2D eigenvalue weighted by molar-refractivity contribution is 7.92. The fraction of sp³-hybridized carbons (Fsp3) is 0.375. The molecule has 0 aliphatic carbocycles. The van der Waals surface area contributed by atoms with E-state index in [0.29, 0.717) is 12.1 Å². The molecule has 0 aromatic heterocycles. The van der Waals surface area contributed by atoms with E-state index in [1.165, 1.54) is 0 Å². The summed E-state index contributed by atoms with van der Waals surface area (Å²) >= 11 is 0. The second-order valence-electron chi connectivity index (χ2n) is 5.09. The number of fused-ring (bicyclic) bond motifs is 1. The van der Waals surface area contributed by atoms with E-state index in [0.717, 1.165) is 30.3 Å². The second kappa shape index (κ2) is 7.43. The van der Waals surface area contributed by atoms with E-state index in [4.69, 9.17) is 0 Å². The summed E-state index contributed by atoms with van der Waals surface area (Å²) in [5.41, 5.74) is 0.621. The van der Waals surface area contributed by atoms with Crippen molar-refractivity contribution in [3.63, 3.8) is 0 Å². The van der Waals surface area contributed by atoms with Gasteiger partial charge in [-0.25, -0.2) is 8.42 Å². The molecular formula is C16H22N2O2S. The smallest absolute Gasteiger partial charge is 0.232 e. The van der Waals surface area contributed by atoms with E-state index in [-0.39, 0.29) is 5.75 Å². The second-order valence-corrected chi connectivity index (χ2v) is 6.93. The van der Waals surface area contributed by atoms with Gasteiger partial charge < -0.3 is 5.32 Å². The van der Waals surface area contributed by atoms with Gasteiger partial charge in [0.05, 0.1) is 5.75 Å². The number of benzene rings is 2. The Bertz CT molecular complexity index is 683. The lowest BCUT2D eigenvalue weighted by Gasteiger charge is -2.09. The summed E-state index contributed by atoms with van der Waals surface area (Å²) in [5.74, 6) is 0.135. The third-order valence-electron chi connectivity index (χ3n) is 3.22. The Labute approximate surface area is 126 Å². The third-order valence-corrected chi connectivity index (χ3v) is 4.59. The largest absolute Gasteiger partial charge is 0.317 e. The minimum Gasteiger partial charge on any atom is -0.317 e. The van der Waals surface area contributed by atoms with Crippen molar-refractivity contribution < 1.29 is 8.42 Å². The van der Waals surface area contributed by atoms with E-state index in [1.54, 1.807) is 6.07 Å². The summed E-state index contributed by atoms with van der Waals surface area (Å²) in [7, 11) is -3.28. The lowest BCUT2D eigenvalue weighted by Crippen LogP contribution is -2.22. The summed E-state index contributed by atoms with van der Waals surface area (Å²) in [6, 6.07) is 13.5. The summed E-state index contributed by atoms with van der Waals surface area (Å²) in [5, 5.41) is 5.33. The zero-order chi connectivity index (χ0) is 15.1. The van der Waals surface area contributed by atoms with Gasteiger partial charge in [0, 0.05) is 5.69 Å². The molecule has 0 saturated carbocycles. The first-order valence-corrected chi connectivity index (χ1v) is 8.96. The number of sulfonamides is 1. The Hall–Kier alpha value is -1.59. The highest BCUT2D eigenvalue weighted by Gasteiger charge is 2.10. The molecule has 0 aliphatic rings. The van der Waals surface area contributed by atoms with Gasteiger partial charge in [-0.15, -0.1) is 0 Å². The first kappa shape index (κ1) is 15.8. The van der Waals surface area contributed by atoms with Gasteiger partial charge in [0.2, 0.25) is 10.0 Å². The van der Waals surface area contributed by atoms with E-state index in [2.05, 4.69) is 17.0 Å². The van der Waals surface area contributed by atoms with Crippen LogP contribution < -0.4 is 10.0 Å². The van der Waals surface area contributed by atoms with Crippen LogP contribution in [-0.2, 0) is 10.0 Å². The summed E-state index contributed by atoms with van der Waals surface area (Å²) in [4.78, 5) is 0. The molecular weight excluding hydrogens is 284 g/mol. The van der Waals surface area contributed by atoms with Crippen LogP contribution in [-0.4, -0.2) is 27.3 Å². The van der Waals surface area contributed by atoms with Gasteiger partial charge in [0.25, 0.3) is 0 Å². The summed E-state index contributed by atoms with van der Waals surface area (Å²) in [6.45, 7) is 3.75. The van der Waals surface area contributed by atoms with Crippen LogP contribution in [0.25, 0.3) is 10.8 Å². The highest BCUT2D eigenvalue weighted by atomic mass is 32.2. The van der Waals surface area contributed by atoms with Crippen molar-refractivity contribution in [2.24, 2.45) is 0 Å². The molecule has 2 rings (SSSR count). The van der Waals surface area contributed by atoms with E-state index < -0.39 is 10.0 Å². The first-order valence-electron chi connectivity index (χ1n) is 7.31. The number of nitrogens with one attached hydrogen (secondary N) is 2. The molecule has 0 heterocycles. The lowest BCUT2D eigenvalue weighted by molar-refractivity contribution is 0.593. The first-order chi connectivity index (χ1) is 10.1. The van der Waals surface area contributed by atoms with Gasteiger partial charge in [-0.3, -0.25) is 4.72 Å². The quantitative estimate of drug-likeness (QED) is 0.737. The summed E-state index contributed by atoms with van der Waals surface area (Å²) < 4.78 is 26.7. The topological polar surface area (TPSA) is 58.2 Å². The van der Waals surface area contributed by atoms with Crippen LogP contribution in [0, 0.1) is 0 Å². The maximum absolute atomic E-state index is 12.0. The van der Waals surface area contributed by atoms with E-state index in [9.17, 15) is 8.42 Å². The standard InChI is InChI=1S/C16H22N2O2S/c1-2-10-17-11-5-12-21(19,20)18-16-9-8-14-6-3-4-7-15(14)13-16/h3-4,6-9,13,17-18H,2,5,10-12H2,1H3. The van der Waals surface area contributed by atoms with Crippen molar-refractivity contribution in [3.05, 3.63) is 42.5 Å². The molecule has 0 saturated heterocycles. The molecule has 0 radical (unpaired) electrons. The zero-order valence-electron chi connectivity index (χ0n) is 12.3. The van der Waals surface area contributed by atoms with Crippen molar-refractivity contribution in [1.82, 2.24) is 5.32 Å². The molecule has 0 bridgehead atoms. The maximum Gasteiger partial charge on any atom is 0.232 e. The Kier molecular flexibility index (Phi) is 5.59. The molecule has 0 fully saturated rings. The van der Waals surface area contributed by atoms with E-state index >= 15 is 0 Å². The van der Waals surface area contributed by atoms with Crippen molar-refractivity contribution in [2.75, 3.05) is 23.6 Å². The molecule has 0 aliphatic heterocycles. The fourth-order valence-electron chi connectivity index (χ4n) is 2.17. The average molecular weight is 306 g/mol.